The lowest BCUT2D eigenvalue weighted by atomic mass is 9.97. The smallest absolute Gasteiger partial charge is 0.0814 e. The molecule has 0 saturated carbocycles. The van der Waals surface area contributed by atoms with Gasteiger partial charge in [-0.2, -0.15) is 0 Å². The van der Waals surface area contributed by atoms with E-state index >= 15 is 0 Å². The summed E-state index contributed by atoms with van der Waals surface area (Å²) in [6.07, 6.45) is 1.53. The van der Waals surface area contributed by atoms with Crippen LogP contribution in [0, 0.1) is 0 Å². The van der Waals surface area contributed by atoms with Crippen molar-refractivity contribution in [2.75, 3.05) is 11.9 Å². The molecule has 3 nitrogen and oxygen atoms in total. The van der Waals surface area contributed by atoms with Crippen LogP contribution in [0.3, 0.4) is 0 Å². The Morgan fingerprint density at radius 1 is 1.35 bits per heavy atom. The number of thiazole rings is 1. The molecule has 0 spiro atoms. The minimum Gasteiger partial charge on any atom is -0.388 e. The van der Waals surface area contributed by atoms with Gasteiger partial charge >= 0.3 is 0 Å². The standard InChI is InChI=1S/C13H18N2OS/c1-3-13(16,4-2)8-14-10-5-6-11-12(7-10)17-9-15-11/h5-7,9,14,16H,3-4,8H2,1-2H3. The van der Waals surface area contributed by atoms with Gasteiger partial charge < -0.3 is 10.4 Å². The highest BCUT2D eigenvalue weighted by Crippen LogP contribution is 2.23. The fourth-order valence-electron chi connectivity index (χ4n) is 1.73. The van der Waals surface area contributed by atoms with Crippen molar-refractivity contribution in [2.45, 2.75) is 32.3 Å². The lowest BCUT2D eigenvalue weighted by Gasteiger charge is -2.25. The molecule has 0 aliphatic rings. The summed E-state index contributed by atoms with van der Waals surface area (Å²) in [5, 5.41) is 13.5. The van der Waals surface area contributed by atoms with Crippen LogP contribution in [0.4, 0.5) is 5.69 Å². The van der Waals surface area contributed by atoms with Crippen LogP contribution in [0.25, 0.3) is 10.2 Å². The van der Waals surface area contributed by atoms with Crippen LogP contribution in [0.2, 0.25) is 0 Å². The third-order valence-corrected chi connectivity index (χ3v) is 4.06. The maximum atomic E-state index is 10.2. The number of benzene rings is 1. The number of aromatic nitrogens is 1. The minimum atomic E-state index is -0.608. The molecular weight excluding hydrogens is 232 g/mol. The Morgan fingerprint density at radius 3 is 2.82 bits per heavy atom. The van der Waals surface area contributed by atoms with Gasteiger partial charge in [0.05, 0.1) is 21.3 Å². The van der Waals surface area contributed by atoms with Crippen molar-refractivity contribution in [3.63, 3.8) is 0 Å². The van der Waals surface area contributed by atoms with E-state index in [9.17, 15) is 5.11 Å². The van der Waals surface area contributed by atoms with Crippen molar-refractivity contribution >= 4 is 27.2 Å². The molecule has 0 aliphatic carbocycles. The number of hydrogen-bond donors (Lipinski definition) is 2. The highest BCUT2D eigenvalue weighted by molar-refractivity contribution is 7.16. The van der Waals surface area contributed by atoms with Crippen LogP contribution in [-0.2, 0) is 0 Å². The number of anilines is 1. The Labute approximate surface area is 106 Å². The molecule has 0 fully saturated rings. The first kappa shape index (κ1) is 12.3. The predicted octanol–water partition coefficient (Wildman–Crippen LogP) is 3.26. The Hall–Kier alpha value is -1.13. The SMILES string of the molecule is CCC(O)(CC)CNc1ccc2ncsc2c1. The molecule has 2 N–H and O–H groups in total. The molecule has 0 amide bonds. The second-order valence-corrected chi connectivity index (χ2v) is 5.21. The highest BCUT2D eigenvalue weighted by Gasteiger charge is 2.21. The fraction of sp³-hybridized carbons (Fsp3) is 0.462. The quantitative estimate of drug-likeness (QED) is 0.856. The third-order valence-electron chi connectivity index (χ3n) is 3.27. The van der Waals surface area contributed by atoms with Gasteiger partial charge in [0.15, 0.2) is 0 Å². The number of rotatable bonds is 5. The maximum absolute atomic E-state index is 10.2. The first-order valence-electron chi connectivity index (χ1n) is 5.96. The van der Waals surface area contributed by atoms with E-state index in [0.29, 0.717) is 6.54 Å². The van der Waals surface area contributed by atoms with Gasteiger partial charge in [-0.25, -0.2) is 4.98 Å². The van der Waals surface area contributed by atoms with Crippen molar-refractivity contribution in [1.29, 1.82) is 0 Å². The summed E-state index contributed by atoms with van der Waals surface area (Å²) in [5.74, 6) is 0. The Kier molecular flexibility index (Phi) is 3.64. The molecule has 1 aromatic heterocycles. The van der Waals surface area contributed by atoms with Gasteiger partial charge in [0.2, 0.25) is 0 Å². The van der Waals surface area contributed by atoms with E-state index in [4.69, 9.17) is 0 Å². The minimum absolute atomic E-state index is 0.588. The Morgan fingerprint density at radius 2 is 2.12 bits per heavy atom. The lowest BCUT2D eigenvalue weighted by molar-refractivity contribution is 0.0457. The van der Waals surface area contributed by atoms with Crippen LogP contribution in [0.5, 0.6) is 0 Å². The van der Waals surface area contributed by atoms with Gasteiger partial charge in [-0.05, 0) is 31.0 Å². The Bertz CT molecular complexity index is 491. The van der Waals surface area contributed by atoms with E-state index in [1.165, 1.54) is 4.70 Å². The largest absolute Gasteiger partial charge is 0.388 e. The zero-order chi connectivity index (χ0) is 12.3. The van der Waals surface area contributed by atoms with Crippen LogP contribution < -0.4 is 5.32 Å². The summed E-state index contributed by atoms with van der Waals surface area (Å²) in [5.41, 5.74) is 3.31. The number of aliphatic hydroxyl groups is 1. The molecule has 0 atom stereocenters. The molecule has 0 radical (unpaired) electrons. The average molecular weight is 250 g/mol. The lowest BCUT2D eigenvalue weighted by Crippen LogP contribution is -2.35. The number of fused-ring (bicyclic) bond motifs is 1. The molecule has 0 saturated heterocycles. The second-order valence-electron chi connectivity index (χ2n) is 4.32. The zero-order valence-electron chi connectivity index (χ0n) is 10.2. The molecule has 92 valence electrons. The van der Waals surface area contributed by atoms with Crippen molar-refractivity contribution in [1.82, 2.24) is 4.98 Å². The number of nitrogens with zero attached hydrogens (tertiary/aromatic N) is 1. The van der Waals surface area contributed by atoms with Gasteiger partial charge in [0, 0.05) is 12.2 Å². The molecular formula is C13H18N2OS. The van der Waals surface area contributed by atoms with Crippen molar-refractivity contribution in [3.8, 4) is 0 Å². The monoisotopic (exact) mass is 250 g/mol. The van der Waals surface area contributed by atoms with Gasteiger partial charge in [-0.1, -0.05) is 13.8 Å². The first-order chi connectivity index (χ1) is 8.17. The molecule has 1 heterocycles. The third kappa shape index (κ3) is 2.76. The topological polar surface area (TPSA) is 45.1 Å². The van der Waals surface area contributed by atoms with Gasteiger partial charge in [0.1, 0.15) is 0 Å². The van der Waals surface area contributed by atoms with Crippen LogP contribution in [0.15, 0.2) is 23.7 Å². The first-order valence-corrected chi connectivity index (χ1v) is 6.84. The van der Waals surface area contributed by atoms with Gasteiger partial charge in [-0.3, -0.25) is 0 Å². The predicted molar refractivity (Wildman–Crippen MR) is 73.6 cm³/mol. The van der Waals surface area contributed by atoms with Gasteiger partial charge in [-0.15, -0.1) is 11.3 Å². The van der Waals surface area contributed by atoms with E-state index in [0.717, 1.165) is 24.0 Å². The molecule has 1 aromatic carbocycles. The normalized spacial score (nSPS) is 11.9. The van der Waals surface area contributed by atoms with E-state index in [1.54, 1.807) is 11.3 Å². The van der Waals surface area contributed by atoms with E-state index in [2.05, 4.69) is 16.4 Å². The zero-order valence-corrected chi connectivity index (χ0v) is 11.0. The van der Waals surface area contributed by atoms with Gasteiger partial charge in [0.25, 0.3) is 0 Å². The molecule has 17 heavy (non-hydrogen) atoms. The summed E-state index contributed by atoms with van der Waals surface area (Å²) in [6.45, 7) is 4.61. The van der Waals surface area contributed by atoms with Crippen molar-refractivity contribution in [3.05, 3.63) is 23.7 Å². The number of nitrogens with one attached hydrogen (secondary N) is 1. The summed E-state index contributed by atoms with van der Waals surface area (Å²) in [6, 6.07) is 6.09. The molecule has 2 rings (SSSR count). The molecule has 2 aromatic rings. The molecule has 0 bridgehead atoms. The van der Waals surface area contributed by atoms with E-state index in [1.807, 2.05) is 31.5 Å². The highest BCUT2D eigenvalue weighted by atomic mass is 32.1. The van der Waals surface area contributed by atoms with Crippen LogP contribution in [0.1, 0.15) is 26.7 Å². The van der Waals surface area contributed by atoms with E-state index < -0.39 is 5.60 Å². The Balaban J connectivity index is 2.08. The summed E-state index contributed by atoms with van der Waals surface area (Å²) >= 11 is 1.63. The molecule has 0 unspecified atom stereocenters. The summed E-state index contributed by atoms with van der Waals surface area (Å²) < 4.78 is 1.17. The van der Waals surface area contributed by atoms with Crippen molar-refractivity contribution in [2.24, 2.45) is 0 Å². The fourth-order valence-corrected chi connectivity index (χ4v) is 2.45. The average Bonchev–Trinajstić information content (AvgIpc) is 2.83. The van der Waals surface area contributed by atoms with Crippen LogP contribution >= 0.6 is 11.3 Å². The summed E-state index contributed by atoms with van der Waals surface area (Å²) in [7, 11) is 0. The molecule has 0 aliphatic heterocycles. The van der Waals surface area contributed by atoms with Crippen LogP contribution in [-0.4, -0.2) is 22.2 Å². The van der Waals surface area contributed by atoms with E-state index in [-0.39, 0.29) is 0 Å². The molecule has 4 heteroatoms. The van der Waals surface area contributed by atoms with Crippen molar-refractivity contribution < 1.29 is 5.11 Å². The second kappa shape index (κ2) is 5.02. The summed E-state index contributed by atoms with van der Waals surface area (Å²) in [4.78, 5) is 4.24. The maximum Gasteiger partial charge on any atom is 0.0814 e. The number of hydrogen-bond acceptors (Lipinski definition) is 4.